The van der Waals surface area contributed by atoms with Crippen molar-refractivity contribution in [2.45, 2.75) is 6.92 Å². The number of aromatic nitrogens is 3. The minimum atomic E-state index is -0.297. The number of thiophene rings is 1. The minimum Gasteiger partial charge on any atom is -0.385 e. The first-order valence-electron chi connectivity index (χ1n) is 6.58. The van der Waals surface area contributed by atoms with Crippen LogP contribution in [0.1, 0.15) is 17.5 Å². The number of methoxy groups -OCH3 is 1. The first-order valence-corrected chi connectivity index (χ1v) is 7.46. The van der Waals surface area contributed by atoms with Crippen molar-refractivity contribution in [2.75, 3.05) is 13.7 Å². The summed E-state index contributed by atoms with van der Waals surface area (Å²) in [6.07, 6.45) is 2.20. The number of fused-ring (bicyclic) bond motifs is 1. The number of nitrogens with zero attached hydrogens (tertiary/aromatic N) is 2. The van der Waals surface area contributed by atoms with Gasteiger partial charge in [0.1, 0.15) is 4.70 Å². The van der Waals surface area contributed by atoms with Gasteiger partial charge in [-0.15, -0.1) is 11.3 Å². The summed E-state index contributed by atoms with van der Waals surface area (Å²) < 4.78 is 5.04. The molecule has 1 N–H and O–H groups in total. The molecule has 7 heteroatoms. The zero-order valence-electron chi connectivity index (χ0n) is 12.2. The van der Waals surface area contributed by atoms with Gasteiger partial charge in [-0.05, 0) is 19.1 Å². The maximum absolute atomic E-state index is 11.7. The van der Waals surface area contributed by atoms with Gasteiger partial charge in [0.2, 0.25) is 0 Å². The number of hydrogen-bond donors (Lipinski definition) is 1. The van der Waals surface area contributed by atoms with Crippen LogP contribution >= 0.6 is 11.3 Å². The van der Waals surface area contributed by atoms with Gasteiger partial charge in [-0.25, -0.2) is 4.98 Å². The molecule has 6 nitrogen and oxygen atoms in total. The summed E-state index contributed by atoms with van der Waals surface area (Å²) in [4.78, 5) is 33.2. The lowest BCUT2D eigenvalue weighted by Gasteiger charge is -1.97. The molecule has 0 aliphatic heterocycles. The summed E-state index contributed by atoms with van der Waals surface area (Å²) in [7, 11) is 1.68. The molecule has 0 aliphatic carbocycles. The molecular weight excluding hydrogens is 302 g/mol. The van der Waals surface area contributed by atoms with Gasteiger partial charge < -0.3 is 9.72 Å². The Morgan fingerprint density at radius 3 is 2.77 bits per heavy atom. The van der Waals surface area contributed by atoms with E-state index in [2.05, 4.69) is 19.7 Å². The van der Waals surface area contributed by atoms with Crippen molar-refractivity contribution in [3.8, 4) is 11.3 Å². The van der Waals surface area contributed by atoms with Crippen LogP contribution < -0.4 is 5.56 Å². The van der Waals surface area contributed by atoms with E-state index in [0.717, 1.165) is 17.9 Å². The predicted molar refractivity (Wildman–Crippen MR) is 86.4 cm³/mol. The van der Waals surface area contributed by atoms with Crippen LogP contribution in [0.4, 0.5) is 0 Å². The third kappa shape index (κ3) is 3.44. The number of rotatable bonds is 3. The molecule has 0 atom stereocenters. The van der Waals surface area contributed by atoms with Crippen LogP contribution in [0.3, 0.4) is 0 Å². The topological polar surface area (TPSA) is 84.9 Å². The highest BCUT2D eigenvalue weighted by molar-refractivity contribution is 7.17. The number of aldehydes is 1. The smallest absolute Gasteiger partial charge is 0.269 e. The van der Waals surface area contributed by atoms with E-state index in [0.29, 0.717) is 16.5 Å². The summed E-state index contributed by atoms with van der Waals surface area (Å²) in [5.74, 6) is 0.0306. The lowest BCUT2D eigenvalue weighted by molar-refractivity contribution is 0.111. The summed E-state index contributed by atoms with van der Waals surface area (Å²) in [6, 6.07) is 5.51. The van der Waals surface area contributed by atoms with Crippen molar-refractivity contribution in [2.24, 2.45) is 0 Å². The van der Waals surface area contributed by atoms with Gasteiger partial charge in [-0.2, -0.15) is 0 Å². The highest BCUT2D eigenvalue weighted by Gasteiger charge is 2.12. The van der Waals surface area contributed by atoms with E-state index < -0.39 is 0 Å². The van der Waals surface area contributed by atoms with Crippen molar-refractivity contribution >= 4 is 27.8 Å². The monoisotopic (exact) mass is 317 g/mol. The van der Waals surface area contributed by atoms with E-state index in [1.165, 1.54) is 11.3 Å². The molecule has 0 spiro atoms. The zero-order valence-corrected chi connectivity index (χ0v) is 13.0. The van der Waals surface area contributed by atoms with Crippen molar-refractivity contribution in [3.05, 3.63) is 46.0 Å². The molecule has 3 aromatic rings. The van der Waals surface area contributed by atoms with Gasteiger partial charge in [0.05, 0.1) is 11.2 Å². The third-order valence-corrected chi connectivity index (χ3v) is 3.75. The largest absolute Gasteiger partial charge is 0.385 e. The van der Waals surface area contributed by atoms with Crippen LogP contribution in [0.2, 0.25) is 0 Å². The Morgan fingerprint density at radius 2 is 2.18 bits per heavy atom. The fourth-order valence-electron chi connectivity index (χ4n) is 1.70. The van der Waals surface area contributed by atoms with Crippen molar-refractivity contribution in [1.82, 2.24) is 15.0 Å². The maximum atomic E-state index is 11.7. The molecule has 22 heavy (non-hydrogen) atoms. The molecule has 0 radical (unpaired) electrons. The van der Waals surface area contributed by atoms with Gasteiger partial charge in [0.25, 0.3) is 5.56 Å². The third-order valence-electron chi connectivity index (χ3n) is 2.79. The highest BCUT2D eigenvalue weighted by atomic mass is 32.1. The van der Waals surface area contributed by atoms with Crippen LogP contribution in [0.15, 0.2) is 34.6 Å². The number of ether oxygens (including phenoxy) is 1. The molecule has 3 heterocycles. The number of nitrogens with one attached hydrogen (secondary N) is 1. The first-order chi connectivity index (χ1) is 10.7. The Labute approximate surface area is 130 Å². The molecule has 3 aromatic heterocycles. The average Bonchev–Trinajstić information content (AvgIpc) is 3.00. The van der Waals surface area contributed by atoms with Crippen LogP contribution in [0.25, 0.3) is 21.5 Å². The molecule has 114 valence electrons. The average molecular weight is 317 g/mol. The van der Waals surface area contributed by atoms with Gasteiger partial charge in [0, 0.05) is 30.9 Å². The van der Waals surface area contributed by atoms with Crippen molar-refractivity contribution < 1.29 is 9.53 Å². The second-order valence-corrected chi connectivity index (χ2v) is 5.07. The molecule has 0 unspecified atom stereocenters. The molecule has 0 aliphatic rings. The van der Waals surface area contributed by atoms with E-state index in [-0.39, 0.29) is 11.4 Å². The number of carbonyl (C=O) groups excluding carboxylic acids is 1. The maximum Gasteiger partial charge on any atom is 0.269 e. The summed E-state index contributed by atoms with van der Waals surface area (Å²) >= 11 is 1.29. The predicted octanol–water partition coefficient (Wildman–Crippen LogP) is 2.51. The Balaban J connectivity index is 0.000000396. The van der Waals surface area contributed by atoms with Crippen molar-refractivity contribution in [3.63, 3.8) is 0 Å². The van der Waals surface area contributed by atoms with Crippen LogP contribution in [-0.2, 0) is 4.74 Å². The van der Waals surface area contributed by atoms with E-state index in [1.807, 2.05) is 30.5 Å². The normalized spacial score (nSPS) is 10.1. The number of H-pyrrole nitrogens is 1. The Bertz CT molecular complexity index is 810. The van der Waals surface area contributed by atoms with E-state index in [1.54, 1.807) is 13.3 Å². The lowest BCUT2D eigenvalue weighted by Crippen LogP contribution is -2.09. The first kappa shape index (κ1) is 16.0. The number of aromatic amines is 1. The standard InChI is InChI=1S/C12H7N3O2S.C3H8O/c16-5-9-14-10-7(8-3-1-2-4-13-8)6-18-11(10)12(17)15-9;1-3-4-2/h1-6H,(H,14,15,17);3H2,1-2H3. The highest BCUT2D eigenvalue weighted by Crippen LogP contribution is 2.29. The van der Waals surface area contributed by atoms with E-state index >= 15 is 0 Å². The Kier molecular flexibility index (Phi) is 5.51. The molecule has 0 saturated carbocycles. The second-order valence-electron chi connectivity index (χ2n) is 4.19. The Morgan fingerprint density at radius 1 is 1.41 bits per heavy atom. The fraction of sp³-hybridized carbons (Fsp3) is 0.200. The number of carbonyl (C=O) groups is 1. The zero-order chi connectivity index (χ0) is 15.9. The molecule has 0 saturated heterocycles. The summed E-state index contributed by atoms with van der Waals surface area (Å²) in [6.45, 7) is 2.78. The van der Waals surface area contributed by atoms with Crippen LogP contribution in [0, 0.1) is 0 Å². The lowest BCUT2D eigenvalue weighted by atomic mass is 10.2. The van der Waals surface area contributed by atoms with E-state index in [9.17, 15) is 9.59 Å². The fourth-order valence-corrected chi connectivity index (χ4v) is 2.60. The van der Waals surface area contributed by atoms with Gasteiger partial charge in [-0.1, -0.05) is 6.07 Å². The molecule has 0 amide bonds. The van der Waals surface area contributed by atoms with E-state index in [4.69, 9.17) is 0 Å². The number of pyridine rings is 1. The van der Waals surface area contributed by atoms with Gasteiger partial charge in [-0.3, -0.25) is 14.6 Å². The molecule has 3 rings (SSSR count). The molecule has 0 bridgehead atoms. The summed E-state index contributed by atoms with van der Waals surface area (Å²) in [5, 5.41) is 1.82. The quantitative estimate of drug-likeness (QED) is 0.750. The van der Waals surface area contributed by atoms with Crippen LogP contribution in [0.5, 0.6) is 0 Å². The molecule has 0 fully saturated rings. The van der Waals surface area contributed by atoms with Gasteiger partial charge >= 0.3 is 0 Å². The number of hydrogen-bond acceptors (Lipinski definition) is 6. The Hall–Kier alpha value is -2.38. The molecule has 0 aromatic carbocycles. The second kappa shape index (κ2) is 7.58. The SMILES string of the molecule is CCOC.O=Cc1nc2c(-c3ccccn3)csc2c(=O)[nH]1. The van der Waals surface area contributed by atoms with Crippen LogP contribution in [-0.4, -0.2) is 35.0 Å². The molecular formula is C15H15N3O3S. The van der Waals surface area contributed by atoms with Gasteiger partial charge in [0.15, 0.2) is 12.1 Å². The summed E-state index contributed by atoms with van der Waals surface area (Å²) in [5.41, 5.74) is 1.72. The van der Waals surface area contributed by atoms with Crippen molar-refractivity contribution in [1.29, 1.82) is 0 Å². The minimum absolute atomic E-state index is 0.0306.